The Bertz CT molecular complexity index is 1580. The van der Waals surface area contributed by atoms with Gasteiger partial charge in [0, 0.05) is 0 Å². The van der Waals surface area contributed by atoms with Gasteiger partial charge in [-0.3, -0.25) is 9.59 Å². The van der Waals surface area contributed by atoms with Gasteiger partial charge in [-0.25, -0.2) is 4.79 Å². The van der Waals surface area contributed by atoms with Crippen LogP contribution in [0.3, 0.4) is 0 Å². The summed E-state index contributed by atoms with van der Waals surface area (Å²) >= 11 is 0. The molecule has 0 atom stereocenters. The predicted molar refractivity (Wildman–Crippen MR) is 147 cm³/mol. The number of hydrogen-bond donors (Lipinski definition) is 2. The Morgan fingerprint density at radius 3 is 2.45 bits per heavy atom. The highest BCUT2D eigenvalue weighted by atomic mass is 19.4. The number of hydrazone groups is 1. The molecule has 0 aromatic heterocycles. The molecule has 0 aliphatic carbocycles. The van der Waals surface area contributed by atoms with Crippen LogP contribution in [0.15, 0.2) is 77.4 Å². The molecule has 3 aromatic carbocycles. The summed E-state index contributed by atoms with van der Waals surface area (Å²) in [7, 11) is 1.46. The molecule has 0 saturated carbocycles. The number of ether oxygens (including phenoxy) is 3. The first-order valence-electron chi connectivity index (χ1n) is 12.4. The molecule has 13 heteroatoms. The molecule has 42 heavy (non-hydrogen) atoms. The summed E-state index contributed by atoms with van der Waals surface area (Å²) < 4.78 is 58.0. The van der Waals surface area contributed by atoms with E-state index in [1.54, 1.807) is 31.2 Å². The number of methoxy groups -OCH3 is 1. The van der Waals surface area contributed by atoms with Gasteiger partial charge in [0.25, 0.3) is 11.8 Å². The third kappa shape index (κ3) is 6.69. The first-order chi connectivity index (χ1) is 20.0. The van der Waals surface area contributed by atoms with Crippen molar-refractivity contribution in [2.75, 3.05) is 30.6 Å². The lowest BCUT2D eigenvalue weighted by Crippen LogP contribution is -2.25. The minimum Gasteiger partial charge on any atom is -0.495 e. The molecule has 0 saturated heterocycles. The van der Waals surface area contributed by atoms with Gasteiger partial charge < -0.3 is 24.6 Å². The van der Waals surface area contributed by atoms with Crippen molar-refractivity contribution in [2.24, 2.45) is 5.10 Å². The molecule has 0 fully saturated rings. The number of anilines is 2. The number of para-hydroxylation sites is 2. The van der Waals surface area contributed by atoms with Crippen molar-refractivity contribution < 1.29 is 46.9 Å². The van der Waals surface area contributed by atoms with E-state index in [-0.39, 0.29) is 34.9 Å². The Morgan fingerprint density at radius 2 is 1.76 bits per heavy atom. The smallest absolute Gasteiger partial charge is 0.435 e. The van der Waals surface area contributed by atoms with Crippen LogP contribution in [0.5, 0.6) is 17.2 Å². The van der Waals surface area contributed by atoms with Crippen LogP contribution < -0.4 is 24.5 Å². The molecule has 2 amide bonds. The van der Waals surface area contributed by atoms with Gasteiger partial charge in [0.15, 0.2) is 23.8 Å². The average Bonchev–Trinajstić information content (AvgIpc) is 3.29. The lowest BCUT2D eigenvalue weighted by Gasteiger charge is -2.14. The van der Waals surface area contributed by atoms with E-state index in [0.717, 1.165) is 12.1 Å². The molecular weight excluding hydrogens is 559 g/mol. The first kappa shape index (κ1) is 29.6. The monoisotopic (exact) mass is 583 g/mol. The number of nitrogens with zero attached hydrogens (tertiary/aromatic N) is 2. The maximum absolute atomic E-state index is 13.9. The molecule has 1 aliphatic heterocycles. The number of carbonyl (C=O) groups excluding carboxylic acids is 2. The molecule has 1 aliphatic rings. The van der Waals surface area contributed by atoms with E-state index in [9.17, 15) is 32.7 Å². The summed E-state index contributed by atoms with van der Waals surface area (Å²) in [6.07, 6.45) is -3.99. The number of nitrogens with one attached hydrogen (secondary N) is 1. The molecule has 0 bridgehead atoms. The Balaban J connectivity index is 1.58. The zero-order chi connectivity index (χ0) is 30.4. The van der Waals surface area contributed by atoms with E-state index in [0.29, 0.717) is 16.4 Å². The molecule has 0 unspecified atom stereocenters. The number of carboxylic acids is 1. The average molecular weight is 584 g/mol. The third-order valence-electron chi connectivity index (χ3n) is 5.80. The van der Waals surface area contributed by atoms with Crippen LogP contribution in [0.4, 0.5) is 24.5 Å². The van der Waals surface area contributed by atoms with Gasteiger partial charge in [-0.2, -0.15) is 23.3 Å². The van der Waals surface area contributed by atoms with E-state index in [2.05, 4.69) is 10.4 Å². The Morgan fingerprint density at radius 1 is 1.00 bits per heavy atom. The SMILES string of the molecule is CCOc1cc(/C=C2\C(=O)N(c3cccc(C(=O)O)c3)N=C2C(F)(F)F)ccc1OCC(=O)Nc1ccccc1OC. The van der Waals surface area contributed by atoms with E-state index in [1.165, 1.54) is 43.5 Å². The van der Waals surface area contributed by atoms with Gasteiger partial charge >= 0.3 is 12.1 Å². The van der Waals surface area contributed by atoms with Crippen LogP contribution in [0.25, 0.3) is 6.08 Å². The number of halogens is 3. The fourth-order valence-electron chi connectivity index (χ4n) is 3.95. The fraction of sp³-hybridized carbons (Fsp3) is 0.172. The number of carbonyl (C=O) groups is 3. The second kappa shape index (κ2) is 12.5. The second-order valence-corrected chi connectivity index (χ2v) is 8.65. The van der Waals surface area contributed by atoms with Crippen molar-refractivity contribution >= 4 is 40.9 Å². The van der Waals surface area contributed by atoms with Gasteiger partial charge in [-0.1, -0.05) is 24.3 Å². The summed E-state index contributed by atoms with van der Waals surface area (Å²) in [5.74, 6) is -2.20. The highest BCUT2D eigenvalue weighted by Gasteiger charge is 2.46. The molecule has 0 spiro atoms. The molecule has 0 radical (unpaired) electrons. The van der Waals surface area contributed by atoms with Crippen LogP contribution in [0, 0.1) is 0 Å². The van der Waals surface area contributed by atoms with Gasteiger partial charge in [0.2, 0.25) is 0 Å². The predicted octanol–water partition coefficient (Wildman–Crippen LogP) is 5.16. The third-order valence-corrected chi connectivity index (χ3v) is 5.80. The molecule has 218 valence electrons. The summed E-state index contributed by atoms with van der Waals surface area (Å²) in [6.45, 7) is 1.44. The highest BCUT2D eigenvalue weighted by Crippen LogP contribution is 2.35. The number of hydrogen-bond acceptors (Lipinski definition) is 7. The van der Waals surface area contributed by atoms with Crippen LogP contribution in [0.1, 0.15) is 22.8 Å². The molecular formula is C29H24F3N3O7. The topological polar surface area (TPSA) is 127 Å². The number of amides is 2. The van der Waals surface area contributed by atoms with E-state index < -0.39 is 41.9 Å². The number of benzene rings is 3. The summed E-state index contributed by atoms with van der Waals surface area (Å²) in [5, 5.41) is 15.8. The largest absolute Gasteiger partial charge is 0.495 e. The number of alkyl halides is 3. The lowest BCUT2D eigenvalue weighted by atomic mass is 10.1. The van der Waals surface area contributed by atoms with Gasteiger partial charge in [0.1, 0.15) is 5.75 Å². The van der Waals surface area contributed by atoms with Crippen LogP contribution in [0.2, 0.25) is 0 Å². The van der Waals surface area contributed by atoms with E-state index >= 15 is 0 Å². The normalized spacial score (nSPS) is 14.0. The van der Waals surface area contributed by atoms with Crippen LogP contribution in [-0.4, -0.2) is 55.1 Å². The molecule has 1 heterocycles. The quantitative estimate of drug-likeness (QED) is 0.316. The lowest BCUT2D eigenvalue weighted by molar-refractivity contribution is -0.118. The van der Waals surface area contributed by atoms with E-state index in [1.807, 2.05) is 0 Å². The van der Waals surface area contributed by atoms with E-state index in [4.69, 9.17) is 14.2 Å². The Hall–Kier alpha value is -5.33. The standard InChI is InChI=1S/C29H24F3N3O7/c1-3-41-24-14-17(11-12-23(24)42-16-25(36)33-21-9-4-5-10-22(21)40-2)13-20-26(29(30,31)32)34-35(27(20)37)19-8-6-7-18(15-19)28(38)39/h4-15H,3,16H2,1-2H3,(H,33,36)(H,38,39)/b20-13-. The number of carboxylic acid groups (broad SMARTS) is 1. The van der Waals surface area contributed by atoms with Crippen molar-refractivity contribution in [1.82, 2.24) is 0 Å². The van der Waals surface area contributed by atoms with Crippen molar-refractivity contribution in [1.29, 1.82) is 0 Å². The van der Waals surface area contributed by atoms with Crippen molar-refractivity contribution in [3.8, 4) is 17.2 Å². The minimum absolute atomic E-state index is 0.124. The Kier molecular flexibility index (Phi) is 8.79. The summed E-state index contributed by atoms with van der Waals surface area (Å²) in [6, 6.07) is 15.8. The van der Waals surface area contributed by atoms with Crippen molar-refractivity contribution in [3.63, 3.8) is 0 Å². The van der Waals surface area contributed by atoms with Gasteiger partial charge in [-0.05, 0) is 61.0 Å². The minimum atomic E-state index is -4.98. The van der Waals surface area contributed by atoms with Crippen LogP contribution >= 0.6 is 0 Å². The van der Waals surface area contributed by atoms with Crippen LogP contribution in [-0.2, 0) is 9.59 Å². The molecule has 3 aromatic rings. The maximum atomic E-state index is 13.9. The second-order valence-electron chi connectivity index (χ2n) is 8.65. The molecule has 4 rings (SSSR count). The number of aromatic carboxylic acids is 1. The van der Waals surface area contributed by atoms with Gasteiger partial charge in [0.05, 0.1) is 36.2 Å². The molecule has 2 N–H and O–H groups in total. The summed E-state index contributed by atoms with van der Waals surface area (Å²) in [4.78, 5) is 36.8. The van der Waals surface area contributed by atoms with Gasteiger partial charge in [-0.15, -0.1) is 0 Å². The zero-order valence-corrected chi connectivity index (χ0v) is 22.3. The van der Waals surface area contributed by atoms with Crippen molar-refractivity contribution in [3.05, 3.63) is 83.4 Å². The number of rotatable bonds is 10. The first-order valence-corrected chi connectivity index (χ1v) is 12.4. The highest BCUT2D eigenvalue weighted by molar-refractivity contribution is 6.34. The maximum Gasteiger partial charge on any atom is 0.435 e. The van der Waals surface area contributed by atoms with Crippen molar-refractivity contribution in [2.45, 2.75) is 13.1 Å². The zero-order valence-electron chi connectivity index (χ0n) is 22.3. The Labute approximate surface area is 237 Å². The fourth-order valence-corrected chi connectivity index (χ4v) is 3.95. The summed E-state index contributed by atoms with van der Waals surface area (Å²) in [5.41, 5.74) is -1.97. The molecule has 10 nitrogen and oxygen atoms in total.